The van der Waals surface area contributed by atoms with Crippen molar-refractivity contribution < 1.29 is 4.79 Å². The molecule has 25 heavy (non-hydrogen) atoms. The van der Waals surface area contributed by atoms with Crippen LogP contribution in [0.15, 0.2) is 60.8 Å². The van der Waals surface area contributed by atoms with E-state index in [0.717, 1.165) is 13.0 Å². The SMILES string of the molecule is CCC.CNC(=O)CCc1cn(Cc2ccccc2)c2ccccc12. The van der Waals surface area contributed by atoms with E-state index in [2.05, 4.69) is 78.5 Å². The summed E-state index contributed by atoms with van der Waals surface area (Å²) in [5.74, 6) is 0.0832. The van der Waals surface area contributed by atoms with E-state index < -0.39 is 0 Å². The zero-order valence-electron chi connectivity index (χ0n) is 15.5. The predicted octanol–water partition coefficient (Wildman–Crippen LogP) is 4.78. The van der Waals surface area contributed by atoms with Crippen LogP contribution in [-0.4, -0.2) is 17.5 Å². The Kier molecular flexibility index (Phi) is 7.27. The molecule has 0 aliphatic carbocycles. The van der Waals surface area contributed by atoms with Crippen molar-refractivity contribution in [3.8, 4) is 0 Å². The van der Waals surface area contributed by atoms with Gasteiger partial charge in [0.2, 0.25) is 5.91 Å². The first-order valence-electron chi connectivity index (χ1n) is 9.00. The Bertz CT molecular complexity index is 790. The van der Waals surface area contributed by atoms with Crippen molar-refractivity contribution in [2.45, 2.75) is 39.7 Å². The minimum absolute atomic E-state index is 0.0832. The number of benzene rings is 2. The maximum atomic E-state index is 11.5. The molecule has 0 fully saturated rings. The minimum Gasteiger partial charge on any atom is -0.359 e. The number of hydrogen-bond acceptors (Lipinski definition) is 1. The molecule has 1 amide bonds. The highest BCUT2D eigenvalue weighted by Crippen LogP contribution is 2.23. The van der Waals surface area contributed by atoms with Gasteiger partial charge >= 0.3 is 0 Å². The molecule has 132 valence electrons. The highest BCUT2D eigenvalue weighted by molar-refractivity contribution is 5.85. The van der Waals surface area contributed by atoms with Gasteiger partial charge in [-0.1, -0.05) is 68.8 Å². The molecule has 0 saturated heterocycles. The van der Waals surface area contributed by atoms with Crippen molar-refractivity contribution in [1.29, 1.82) is 0 Å². The number of fused-ring (bicyclic) bond motifs is 1. The zero-order valence-corrected chi connectivity index (χ0v) is 15.5. The fourth-order valence-corrected chi connectivity index (χ4v) is 2.81. The van der Waals surface area contributed by atoms with Crippen LogP contribution in [0, 0.1) is 0 Å². The fraction of sp³-hybridized carbons (Fsp3) is 0.318. The lowest BCUT2D eigenvalue weighted by molar-refractivity contribution is -0.120. The van der Waals surface area contributed by atoms with E-state index in [1.807, 2.05) is 6.07 Å². The summed E-state index contributed by atoms with van der Waals surface area (Å²) in [6.45, 7) is 5.10. The molecular weight excluding hydrogens is 308 g/mol. The second-order valence-corrected chi connectivity index (χ2v) is 6.17. The van der Waals surface area contributed by atoms with Gasteiger partial charge in [0.1, 0.15) is 0 Å². The van der Waals surface area contributed by atoms with E-state index >= 15 is 0 Å². The predicted molar refractivity (Wildman–Crippen MR) is 106 cm³/mol. The van der Waals surface area contributed by atoms with E-state index in [1.165, 1.54) is 28.5 Å². The molecular formula is C22H28N2O. The molecule has 0 radical (unpaired) electrons. The van der Waals surface area contributed by atoms with Crippen LogP contribution in [0.25, 0.3) is 10.9 Å². The van der Waals surface area contributed by atoms with Gasteiger partial charge in [0.15, 0.2) is 0 Å². The molecule has 2 aromatic carbocycles. The molecule has 1 N–H and O–H groups in total. The summed E-state index contributed by atoms with van der Waals surface area (Å²) in [7, 11) is 1.68. The molecule has 0 atom stereocenters. The first-order chi connectivity index (χ1) is 12.2. The van der Waals surface area contributed by atoms with Gasteiger partial charge in [-0.3, -0.25) is 4.79 Å². The number of carbonyl (C=O) groups excluding carboxylic acids is 1. The number of para-hydroxylation sites is 1. The maximum absolute atomic E-state index is 11.5. The van der Waals surface area contributed by atoms with Gasteiger partial charge in [-0.15, -0.1) is 0 Å². The molecule has 1 aromatic heterocycles. The Morgan fingerprint density at radius 2 is 1.64 bits per heavy atom. The minimum atomic E-state index is 0.0832. The molecule has 3 heteroatoms. The normalized spacial score (nSPS) is 10.2. The van der Waals surface area contributed by atoms with E-state index in [-0.39, 0.29) is 5.91 Å². The van der Waals surface area contributed by atoms with Crippen LogP contribution in [0.3, 0.4) is 0 Å². The summed E-state index contributed by atoms with van der Waals surface area (Å²) in [5, 5.41) is 3.92. The standard InChI is InChI=1S/C19H20N2O.C3H8/c1-20-19(22)12-11-16-14-21(13-15-7-3-2-4-8-15)18-10-6-5-9-17(16)18;1-3-2/h2-10,14H,11-13H2,1H3,(H,20,22);3H2,1-2H3. The van der Waals surface area contributed by atoms with E-state index in [9.17, 15) is 4.79 Å². The number of amides is 1. The van der Waals surface area contributed by atoms with Gasteiger partial charge in [0.25, 0.3) is 0 Å². The molecule has 0 aliphatic heterocycles. The third-order valence-corrected chi connectivity index (χ3v) is 3.97. The lowest BCUT2D eigenvalue weighted by Gasteiger charge is -2.05. The monoisotopic (exact) mass is 336 g/mol. The second-order valence-electron chi connectivity index (χ2n) is 6.17. The second kappa shape index (κ2) is 9.67. The lowest BCUT2D eigenvalue weighted by Crippen LogP contribution is -2.17. The van der Waals surface area contributed by atoms with Crippen molar-refractivity contribution in [2.75, 3.05) is 7.05 Å². The highest BCUT2D eigenvalue weighted by Gasteiger charge is 2.09. The van der Waals surface area contributed by atoms with Gasteiger partial charge < -0.3 is 9.88 Å². The van der Waals surface area contributed by atoms with E-state index in [1.54, 1.807) is 7.05 Å². The maximum Gasteiger partial charge on any atom is 0.220 e. The summed E-state index contributed by atoms with van der Waals surface area (Å²) in [6, 6.07) is 18.8. The van der Waals surface area contributed by atoms with E-state index in [0.29, 0.717) is 6.42 Å². The average molecular weight is 336 g/mol. The third-order valence-electron chi connectivity index (χ3n) is 3.97. The molecule has 0 unspecified atom stereocenters. The molecule has 0 saturated carbocycles. The largest absolute Gasteiger partial charge is 0.359 e. The van der Waals surface area contributed by atoms with Crippen molar-refractivity contribution in [3.63, 3.8) is 0 Å². The van der Waals surface area contributed by atoms with Crippen LogP contribution in [0.2, 0.25) is 0 Å². The summed E-state index contributed by atoms with van der Waals surface area (Å²) in [4.78, 5) is 11.5. The summed E-state index contributed by atoms with van der Waals surface area (Å²) in [5.41, 5.74) is 3.73. The molecule has 0 spiro atoms. The molecule has 3 aromatic rings. The fourth-order valence-electron chi connectivity index (χ4n) is 2.81. The molecule has 0 bridgehead atoms. The number of aromatic nitrogens is 1. The smallest absolute Gasteiger partial charge is 0.220 e. The van der Waals surface area contributed by atoms with Crippen LogP contribution >= 0.6 is 0 Å². The lowest BCUT2D eigenvalue weighted by atomic mass is 10.1. The highest BCUT2D eigenvalue weighted by atomic mass is 16.1. The Morgan fingerprint density at radius 1 is 1.00 bits per heavy atom. The number of nitrogens with one attached hydrogen (secondary N) is 1. The topological polar surface area (TPSA) is 34.0 Å². The van der Waals surface area contributed by atoms with Crippen LogP contribution in [0.4, 0.5) is 0 Å². The summed E-state index contributed by atoms with van der Waals surface area (Å²) >= 11 is 0. The number of nitrogens with zero attached hydrogens (tertiary/aromatic N) is 1. The number of carbonyl (C=O) groups is 1. The van der Waals surface area contributed by atoms with Crippen molar-refractivity contribution >= 4 is 16.8 Å². The quantitative estimate of drug-likeness (QED) is 0.714. The average Bonchev–Trinajstić information content (AvgIpc) is 2.99. The van der Waals surface area contributed by atoms with Crippen molar-refractivity contribution in [3.05, 3.63) is 71.9 Å². The Morgan fingerprint density at radius 3 is 2.32 bits per heavy atom. The van der Waals surface area contributed by atoms with Crippen LogP contribution in [0.1, 0.15) is 37.8 Å². The number of hydrogen-bond donors (Lipinski definition) is 1. The number of rotatable bonds is 5. The number of aryl methyl sites for hydroxylation is 1. The van der Waals surface area contributed by atoms with Crippen LogP contribution < -0.4 is 5.32 Å². The molecule has 0 aliphatic rings. The van der Waals surface area contributed by atoms with Crippen LogP contribution in [0.5, 0.6) is 0 Å². The van der Waals surface area contributed by atoms with Gasteiger partial charge in [0.05, 0.1) is 0 Å². The van der Waals surface area contributed by atoms with Crippen molar-refractivity contribution in [1.82, 2.24) is 9.88 Å². The van der Waals surface area contributed by atoms with Gasteiger partial charge in [-0.25, -0.2) is 0 Å². The zero-order chi connectivity index (χ0) is 18.1. The van der Waals surface area contributed by atoms with Crippen LogP contribution in [-0.2, 0) is 17.8 Å². The third kappa shape index (κ3) is 5.21. The van der Waals surface area contributed by atoms with E-state index in [4.69, 9.17) is 0 Å². The first kappa shape index (κ1) is 18.8. The summed E-state index contributed by atoms with van der Waals surface area (Å²) in [6.07, 6.45) is 4.72. The Balaban J connectivity index is 0.000000701. The molecule has 3 rings (SSSR count). The van der Waals surface area contributed by atoms with Crippen molar-refractivity contribution in [2.24, 2.45) is 0 Å². The summed E-state index contributed by atoms with van der Waals surface area (Å²) < 4.78 is 2.27. The Hall–Kier alpha value is -2.55. The molecule has 1 heterocycles. The van der Waals surface area contributed by atoms with Gasteiger partial charge in [-0.05, 0) is 23.6 Å². The molecule has 3 nitrogen and oxygen atoms in total. The first-order valence-corrected chi connectivity index (χ1v) is 9.00. The Labute approximate surface area is 150 Å². The van der Waals surface area contributed by atoms with Gasteiger partial charge in [-0.2, -0.15) is 0 Å². The van der Waals surface area contributed by atoms with Gasteiger partial charge in [0, 0.05) is 37.1 Å².